The first kappa shape index (κ1) is 8.47. The summed E-state index contributed by atoms with van der Waals surface area (Å²) < 4.78 is 0. The fraction of sp³-hybridized carbons (Fsp3) is 0.714. The first-order chi connectivity index (χ1) is 4.31. The van der Waals surface area contributed by atoms with Crippen molar-refractivity contribution in [3.8, 4) is 0 Å². The highest BCUT2D eigenvalue weighted by Gasteiger charge is 1.92. The molecule has 0 aliphatic heterocycles. The van der Waals surface area contributed by atoms with Crippen LogP contribution >= 0.6 is 0 Å². The highest BCUT2D eigenvalue weighted by molar-refractivity contribution is 5.83. The second kappa shape index (κ2) is 5.60. The smallest absolute Gasteiger partial charge is 0.223 e. The van der Waals surface area contributed by atoms with Gasteiger partial charge in [-0.2, -0.15) is 0 Å². The number of amides is 1. The van der Waals surface area contributed by atoms with Gasteiger partial charge in [0.2, 0.25) is 5.91 Å². The number of nitrogens with one attached hydrogen (secondary N) is 1. The number of rotatable bonds is 4. The molecule has 0 saturated carbocycles. The summed E-state index contributed by atoms with van der Waals surface area (Å²) in [5.41, 5.74) is 0. The molecular weight excluding hydrogens is 114 g/mol. The van der Waals surface area contributed by atoms with Crippen LogP contribution in [0.25, 0.3) is 0 Å². The van der Waals surface area contributed by atoms with E-state index < -0.39 is 0 Å². The minimum atomic E-state index is 0.0310. The molecule has 0 heterocycles. The molecule has 9 heavy (non-hydrogen) atoms. The zero-order chi connectivity index (χ0) is 7.11. The van der Waals surface area contributed by atoms with Gasteiger partial charge >= 0.3 is 0 Å². The lowest BCUT2D eigenvalue weighted by atomic mass is 10.3. The van der Waals surface area contributed by atoms with E-state index in [4.69, 9.17) is 0 Å². The lowest BCUT2D eigenvalue weighted by Gasteiger charge is -1.99. The SMILES string of the molecule is C[CH]C(=O)NCCCC. The average Bonchev–Trinajstić information content (AvgIpc) is 1.89. The minimum Gasteiger partial charge on any atom is -0.356 e. The molecular formula is C7H14NO. The van der Waals surface area contributed by atoms with Gasteiger partial charge in [-0.1, -0.05) is 20.3 Å². The second-order valence-electron chi connectivity index (χ2n) is 1.93. The van der Waals surface area contributed by atoms with Crippen molar-refractivity contribution in [3.63, 3.8) is 0 Å². The van der Waals surface area contributed by atoms with Crippen LogP contribution in [0.3, 0.4) is 0 Å². The quantitative estimate of drug-likeness (QED) is 0.565. The molecule has 0 unspecified atom stereocenters. The van der Waals surface area contributed by atoms with Gasteiger partial charge in [-0.25, -0.2) is 0 Å². The molecule has 0 rings (SSSR count). The third kappa shape index (κ3) is 5.34. The summed E-state index contributed by atoms with van der Waals surface area (Å²) in [4.78, 5) is 10.5. The Bertz CT molecular complexity index is 81.0. The molecule has 0 bridgehead atoms. The number of unbranched alkanes of at least 4 members (excludes halogenated alkanes) is 1. The van der Waals surface area contributed by atoms with Crippen LogP contribution in [0, 0.1) is 6.42 Å². The maximum absolute atomic E-state index is 10.5. The molecule has 0 spiro atoms. The Morgan fingerprint density at radius 1 is 1.67 bits per heavy atom. The third-order valence-electron chi connectivity index (χ3n) is 1.09. The van der Waals surface area contributed by atoms with Crippen LogP contribution in [0.2, 0.25) is 0 Å². The van der Waals surface area contributed by atoms with Crippen LogP contribution in [0.5, 0.6) is 0 Å². The van der Waals surface area contributed by atoms with Crippen molar-refractivity contribution in [2.75, 3.05) is 6.54 Å². The summed E-state index contributed by atoms with van der Waals surface area (Å²) in [7, 11) is 0. The first-order valence-corrected chi connectivity index (χ1v) is 3.38. The van der Waals surface area contributed by atoms with Crippen molar-refractivity contribution in [2.24, 2.45) is 0 Å². The summed E-state index contributed by atoms with van der Waals surface area (Å²) in [6, 6.07) is 0. The van der Waals surface area contributed by atoms with E-state index in [1.165, 1.54) is 6.42 Å². The Kier molecular flexibility index (Phi) is 5.27. The highest BCUT2D eigenvalue weighted by atomic mass is 16.1. The van der Waals surface area contributed by atoms with E-state index >= 15 is 0 Å². The zero-order valence-corrected chi connectivity index (χ0v) is 6.11. The largest absolute Gasteiger partial charge is 0.356 e. The summed E-state index contributed by atoms with van der Waals surface area (Å²) in [6.45, 7) is 4.64. The lowest BCUT2D eigenvalue weighted by Crippen LogP contribution is -2.23. The van der Waals surface area contributed by atoms with E-state index in [0.29, 0.717) is 0 Å². The lowest BCUT2D eigenvalue weighted by molar-refractivity contribution is -0.117. The van der Waals surface area contributed by atoms with E-state index in [2.05, 4.69) is 12.2 Å². The molecule has 1 N–H and O–H groups in total. The molecule has 0 aliphatic carbocycles. The normalized spacial score (nSPS) is 9.11. The van der Waals surface area contributed by atoms with Gasteiger partial charge < -0.3 is 5.32 Å². The van der Waals surface area contributed by atoms with E-state index in [9.17, 15) is 4.79 Å². The molecule has 0 aromatic rings. The molecule has 0 aromatic carbocycles. The van der Waals surface area contributed by atoms with Crippen LogP contribution in [-0.2, 0) is 4.79 Å². The monoisotopic (exact) mass is 128 g/mol. The predicted molar refractivity (Wildman–Crippen MR) is 37.9 cm³/mol. The van der Waals surface area contributed by atoms with Gasteiger partial charge in [0.05, 0.1) is 0 Å². The summed E-state index contributed by atoms with van der Waals surface area (Å²) in [6.07, 6.45) is 3.74. The number of hydrogen-bond donors (Lipinski definition) is 1. The van der Waals surface area contributed by atoms with E-state index in [1.807, 2.05) is 0 Å². The minimum absolute atomic E-state index is 0.0310. The molecule has 0 atom stereocenters. The molecule has 2 heteroatoms. The highest BCUT2D eigenvalue weighted by Crippen LogP contribution is 1.82. The van der Waals surface area contributed by atoms with Crippen LogP contribution in [0.15, 0.2) is 0 Å². The molecule has 0 saturated heterocycles. The van der Waals surface area contributed by atoms with E-state index in [0.717, 1.165) is 19.4 Å². The molecule has 0 aromatic heterocycles. The molecule has 0 aliphatic rings. The number of carbonyl (C=O) groups is 1. The van der Waals surface area contributed by atoms with Gasteiger partial charge in [0, 0.05) is 13.0 Å². The maximum Gasteiger partial charge on any atom is 0.223 e. The van der Waals surface area contributed by atoms with Crippen LogP contribution < -0.4 is 5.32 Å². The zero-order valence-electron chi connectivity index (χ0n) is 6.11. The summed E-state index contributed by atoms with van der Waals surface area (Å²) in [5, 5.41) is 2.74. The van der Waals surface area contributed by atoms with Crippen molar-refractivity contribution in [3.05, 3.63) is 6.42 Å². The Morgan fingerprint density at radius 2 is 2.33 bits per heavy atom. The van der Waals surface area contributed by atoms with Crippen LogP contribution in [0.1, 0.15) is 26.7 Å². The van der Waals surface area contributed by atoms with Crippen molar-refractivity contribution in [1.82, 2.24) is 5.32 Å². The van der Waals surface area contributed by atoms with Gasteiger partial charge in [-0.3, -0.25) is 4.79 Å². The van der Waals surface area contributed by atoms with Crippen molar-refractivity contribution in [2.45, 2.75) is 26.7 Å². The van der Waals surface area contributed by atoms with E-state index in [1.54, 1.807) is 6.92 Å². The molecule has 0 fully saturated rings. The Hall–Kier alpha value is -0.530. The molecule has 1 radical (unpaired) electrons. The predicted octanol–water partition coefficient (Wildman–Crippen LogP) is 1.13. The molecule has 1 amide bonds. The van der Waals surface area contributed by atoms with Crippen LogP contribution in [0.4, 0.5) is 0 Å². The van der Waals surface area contributed by atoms with Crippen molar-refractivity contribution in [1.29, 1.82) is 0 Å². The van der Waals surface area contributed by atoms with Crippen LogP contribution in [-0.4, -0.2) is 12.5 Å². The molecule has 53 valence electrons. The maximum atomic E-state index is 10.5. The standard InChI is InChI=1S/C7H14NO/c1-3-5-6-8-7(9)4-2/h4H,3,5-6H2,1-2H3,(H,8,9). The second-order valence-corrected chi connectivity index (χ2v) is 1.93. The fourth-order valence-corrected chi connectivity index (χ4v) is 0.490. The number of carbonyl (C=O) groups excluding carboxylic acids is 1. The molecule has 2 nitrogen and oxygen atoms in total. The van der Waals surface area contributed by atoms with Gasteiger partial charge in [0.1, 0.15) is 0 Å². The Balaban J connectivity index is 2.97. The van der Waals surface area contributed by atoms with Gasteiger partial charge in [0.25, 0.3) is 0 Å². The van der Waals surface area contributed by atoms with Crippen molar-refractivity contribution < 1.29 is 4.79 Å². The fourth-order valence-electron chi connectivity index (χ4n) is 0.490. The van der Waals surface area contributed by atoms with Gasteiger partial charge in [-0.05, 0) is 6.42 Å². The first-order valence-electron chi connectivity index (χ1n) is 3.38. The Morgan fingerprint density at radius 3 is 2.78 bits per heavy atom. The summed E-state index contributed by atoms with van der Waals surface area (Å²) in [5.74, 6) is 0.0310. The van der Waals surface area contributed by atoms with Gasteiger partial charge in [0.15, 0.2) is 0 Å². The van der Waals surface area contributed by atoms with E-state index in [-0.39, 0.29) is 5.91 Å². The van der Waals surface area contributed by atoms with Gasteiger partial charge in [-0.15, -0.1) is 0 Å². The summed E-state index contributed by atoms with van der Waals surface area (Å²) >= 11 is 0. The topological polar surface area (TPSA) is 29.1 Å². The Labute approximate surface area is 56.6 Å². The number of hydrogen-bond acceptors (Lipinski definition) is 1. The van der Waals surface area contributed by atoms with Crippen molar-refractivity contribution >= 4 is 5.91 Å². The average molecular weight is 128 g/mol. The third-order valence-corrected chi connectivity index (χ3v) is 1.09.